The number of carbonyl (C=O) groups excluding carboxylic acids is 1. The highest BCUT2D eigenvalue weighted by Crippen LogP contribution is 2.33. The first-order chi connectivity index (χ1) is 12.0. The highest BCUT2D eigenvalue weighted by atomic mass is 32.2. The molecule has 1 aromatic rings. The van der Waals surface area contributed by atoms with Gasteiger partial charge in [-0.3, -0.25) is 9.89 Å². The molecule has 2 heterocycles. The number of rotatable bonds is 6. The van der Waals surface area contributed by atoms with Gasteiger partial charge in [-0.25, -0.2) is 12.7 Å². The second kappa shape index (κ2) is 7.86. The Morgan fingerprint density at radius 1 is 1.32 bits per heavy atom. The van der Waals surface area contributed by atoms with E-state index < -0.39 is 10.0 Å². The predicted octanol–water partition coefficient (Wildman–Crippen LogP) is 2.46. The van der Waals surface area contributed by atoms with Gasteiger partial charge in [0.1, 0.15) is 0 Å². The Balaban J connectivity index is 1.59. The quantitative estimate of drug-likeness (QED) is 0.806. The molecule has 1 saturated carbocycles. The van der Waals surface area contributed by atoms with Crippen LogP contribution >= 0.6 is 0 Å². The van der Waals surface area contributed by atoms with Crippen LogP contribution in [0.3, 0.4) is 0 Å². The van der Waals surface area contributed by atoms with Gasteiger partial charge in [-0.05, 0) is 32.1 Å². The monoisotopic (exact) mass is 368 g/mol. The average Bonchev–Trinajstić information content (AvgIpc) is 3.26. The third-order valence-electron chi connectivity index (χ3n) is 5.25. The summed E-state index contributed by atoms with van der Waals surface area (Å²) >= 11 is 0. The van der Waals surface area contributed by atoms with Crippen LogP contribution in [0.1, 0.15) is 63.5 Å². The van der Waals surface area contributed by atoms with E-state index >= 15 is 0 Å². The Morgan fingerprint density at radius 2 is 2.08 bits per heavy atom. The maximum Gasteiger partial charge on any atom is 0.230 e. The fraction of sp³-hybridized carbons (Fsp3) is 0.765. The summed E-state index contributed by atoms with van der Waals surface area (Å²) in [6.45, 7) is 2.64. The number of H-pyrrole nitrogens is 1. The number of carbonyl (C=O) groups is 1. The number of amides is 1. The molecule has 1 aliphatic heterocycles. The summed E-state index contributed by atoms with van der Waals surface area (Å²) in [5.41, 5.74) is 1.09. The molecule has 8 heteroatoms. The fourth-order valence-electron chi connectivity index (χ4n) is 3.87. The van der Waals surface area contributed by atoms with Crippen molar-refractivity contribution >= 4 is 21.7 Å². The molecular formula is C17H28N4O3S. The molecule has 0 aromatic carbocycles. The van der Waals surface area contributed by atoms with E-state index in [0.29, 0.717) is 31.1 Å². The van der Waals surface area contributed by atoms with Crippen LogP contribution in [0.2, 0.25) is 0 Å². The Bertz CT molecular complexity index is 695. The highest BCUT2D eigenvalue weighted by molar-refractivity contribution is 7.89. The van der Waals surface area contributed by atoms with Crippen molar-refractivity contribution in [2.45, 2.75) is 57.8 Å². The van der Waals surface area contributed by atoms with Crippen LogP contribution < -0.4 is 5.32 Å². The zero-order valence-electron chi connectivity index (χ0n) is 14.8. The third-order valence-corrected chi connectivity index (χ3v) is 7.30. The molecule has 3 rings (SSSR count). The van der Waals surface area contributed by atoms with Crippen LogP contribution in [0.25, 0.3) is 0 Å². The lowest BCUT2D eigenvalue weighted by Gasteiger charge is -2.30. The Labute approximate surface area is 149 Å². The number of hydrogen-bond donors (Lipinski definition) is 2. The molecular weight excluding hydrogens is 340 g/mol. The Morgan fingerprint density at radius 3 is 2.80 bits per heavy atom. The lowest BCUT2D eigenvalue weighted by atomic mass is 9.99. The topological polar surface area (TPSA) is 95.2 Å². The van der Waals surface area contributed by atoms with Gasteiger partial charge in [0.2, 0.25) is 15.9 Å². The molecule has 1 aromatic heterocycles. The molecule has 1 unspecified atom stereocenters. The SMILES string of the molecule is CCCS(=O)(=O)N1CCCC(C(=O)Nc2cc(C3CCCC3)[nH]n2)C1. The summed E-state index contributed by atoms with van der Waals surface area (Å²) in [4.78, 5) is 12.5. The van der Waals surface area contributed by atoms with Gasteiger partial charge in [-0.1, -0.05) is 19.8 Å². The third kappa shape index (κ3) is 4.41. The minimum absolute atomic E-state index is 0.138. The van der Waals surface area contributed by atoms with E-state index in [1.54, 1.807) is 0 Å². The van der Waals surface area contributed by atoms with Gasteiger partial charge < -0.3 is 5.32 Å². The van der Waals surface area contributed by atoms with Gasteiger partial charge in [0.15, 0.2) is 5.82 Å². The van der Waals surface area contributed by atoms with E-state index in [1.807, 2.05) is 13.0 Å². The summed E-state index contributed by atoms with van der Waals surface area (Å²) in [5.74, 6) is 0.752. The largest absolute Gasteiger partial charge is 0.309 e. The van der Waals surface area contributed by atoms with Gasteiger partial charge in [0.25, 0.3) is 0 Å². The standard InChI is InChI=1S/C17H28N4O3S/c1-2-10-25(23,24)21-9-5-8-14(12-21)17(22)18-16-11-15(19-20-16)13-6-3-4-7-13/h11,13-14H,2-10,12H2,1H3,(H2,18,19,20,22). The van der Waals surface area contributed by atoms with Gasteiger partial charge in [-0.2, -0.15) is 5.10 Å². The van der Waals surface area contributed by atoms with E-state index in [4.69, 9.17) is 0 Å². The normalized spacial score (nSPS) is 23.0. The van der Waals surface area contributed by atoms with Crippen LogP contribution in [-0.4, -0.2) is 47.7 Å². The van der Waals surface area contributed by atoms with Gasteiger partial charge in [0.05, 0.1) is 11.7 Å². The molecule has 1 atom stereocenters. The number of aromatic amines is 1. The molecule has 2 aliphatic rings. The van der Waals surface area contributed by atoms with E-state index in [-0.39, 0.29) is 24.1 Å². The Hall–Kier alpha value is -1.41. The van der Waals surface area contributed by atoms with E-state index in [2.05, 4.69) is 15.5 Å². The van der Waals surface area contributed by atoms with Crippen LogP contribution in [0, 0.1) is 5.92 Å². The maximum atomic E-state index is 12.5. The van der Waals surface area contributed by atoms with Crippen LogP contribution in [-0.2, 0) is 14.8 Å². The van der Waals surface area contributed by atoms with Crippen molar-refractivity contribution in [2.24, 2.45) is 5.92 Å². The molecule has 0 bridgehead atoms. The minimum atomic E-state index is -3.25. The molecule has 7 nitrogen and oxygen atoms in total. The number of piperidine rings is 1. The van der Waals surface area contributed by atoms with E-state index in [1.165, 1.54) is 30.0 Å². The highest BCUT2D eigenvalue weighted by Gasteiger charge is 2.32. The first-order valence-electron chi connectivity index (χ1n) is 9.33. The predicted molar refractivity (Wildman–Crippen MR) is 96.8 cm³/mol. The second-order valence-corrected chi connectivity index (χ2v) is 9.28. The van der Waals surface area contributed by atoms with Crippen LogP contribution in [0.5, 0.6) is 0 Å². The minimum Gasteiger partial charge on any atom is -0.309 e. The summed E-state index contributed by atoms with van der Waals surface area (Å²) in [7, 11) is -3.25. The first-order valence-corrected chi connectivity index (χ1v) is 10.9. The number of hydrogen-bond acceptors (Lipinski definition) is 4. The van der Waals surface area contributed by atoms with Gasteiger partial charge in [-0.15, -0.1) is 0 Å². The van der Waals surface area contributed by atoms with E-state index in [9.17, 15) is 13.2 Å². The number of nitrogens with zero attached hydrogens (tertiary/aromatic N) is 2. The van der Waals surface area contributed by atoms with Crippen molar-refractivity contribution < 1.29 is 13.2 Å². The van der Waals surface area contributed by atoms with Crippen molar-refractivity contribution in [2.75, 3.05) is 24.2 Å². The molecule has 1 amide bonds. The van der Waals surface area contributed by atoms with Crippen molar-refractivity contribution in [1.82, 2.24) is 14.5 Å². The summed E-state index contributed by atoms with van der Waals surface area (Å²) in [6, 6.07) is 1.92. The summed E-state index contributed by atoms with van der Waals surface area (Å²) in [5, 5.41) is 10.1. The van der Waals surface area contributed by atoms with Gasteiger partial charge >= 0.3 is 0 Å². The smallest absolute Gasteiger partial charge is 0.230 e. The number of sulfonamides is 1. The average molecular weight is 369 g/mol. The van der Waals surface area contributed by atoms with Gasteiger partial charge in [0, 0.05) is 30.8 Å². The molecule has 0 spiro atoms. The number of nitrogens with one attached hydrogen (secondary N) is 2. The van der Waals surface area contributed by atoms with Crippen molar-refractivity contribution in [3.8, 4) is 0 Å². The van der Waals surface area contributed by atoms with Crippen molar-refractivity contribution in [3.05, 3.63) is 11.8 Å². The lowest BCUT2D eigenvalue weighted by molar-refractivity contribution is -0.120. The van der Waals surface area contributed by atoms with Crippen molar-refractivity contribution in [3.63, 3.8) is 0 Å². The lowest BCUT2D eigenvalue weighted by Crippen LogP contribution is -2.44. The van der Waals surface area contributed by atoms with Crippen LogP contribution in [0.15, 0.2) is 6.07 Å². The first kappa shape index (κ1) is 18.4. The van der Waals surface area contributed by atoms with Crippen LogP contribution in [0.4, 0.5) is 5.82 Å². The number of anilines is 1. The second-order valence-electron chi connectivity index (χ2n) is 7.19. The molecule has 1 aliphatic carbocycles. The summed E-state index contributed by atoms with van der Waals surface area (Å²) in [6.07, 6.45) is 6.85. The number of aromatic nitrogens is 2. The zero-order chi connectivity index (χ0) is 17.9. The molecule has 2 N–H and O–H groups in total. The van der Waals surface area contributed by atoms with E-state index in [0.717, 1.165) is 12.1 Å². The maximum absolute atomic E-state index is 12.5. The fourth-order valence-corrected chi connectivity index (χ4v) is 5.46. The molecule has 25 heavy (non-hydrogen) atoms. The molecule has 2 fully saturated rings. The van der Waals surface area contributed by atoms with Crippen molar-refractivity contribution in [1.29, 1.82) is 0 Å². The molecule has 1 saturated heterocycles. The molecule has 140 valence electrons. The Kier molecular flexibility index (Phi) is 5.78. The zero-order valence-corrected chi connectivity index (χ0v) is 15.6. The summed E-state index contributed by atoms with van der Waals surface area (Å²) < 4.78 is 25.9. The molecule has 0 radical (unpaired) electrons.